The molecule has 0 aliphatic carbocycles. The summed E-state index contributed by atoms with van der Waals surface area (Å²) in [7, 11) is 0. The van der Waals surface area contributed by atoms with Crippen LogP contribution in [0.5, 0.6) is 0 Å². The van der Waals surface area contributed by atoms with E-state index in [1.165, 1.54) is 6.42 Å². The van der Waals surface area contributed by atoms with Crippen molar-refractivity contribution in [1.82, 2.24) is 4.90 Å². The fourth-order valence-electron chi connectivity index (χ4n) is 2.30. The summed E-state index contributed by atoms with van der Waals surface area (Å²) in [5, 5.41) is 0.716. The monoisotopic (exact) mass is 251 g/mol. The average Bonchev–Trinajstić information content (AvgIpc) is 2.32. The van der Waals surface area contributed by atoms with E-state index in [4.69, 9.17) is 11.6 Å². The van der Waals surface area contributed by atoms with Crippen molar-refractivity contribution in [1.29, 1.82) is 0 Å². The van der Waals surface area contributed by atoms with E-state index in [9.17, 15) is 4.79 Å². The Morgan fingerprint density at radius 1 is 1.41 bits per heavy atom. The number of nitrogens with zero attached hydrogens (tertiary/aromatic N) is 1. The molecule has 2 rings (SSSR count). The normalized spacial score (nSPS) is 20.4. The molecule has 1 amide bonds. The number of hydrogen-bond acceptors (Lipinski definition) is 1. The van der Waals surface area contributed by atoms with Crippen LogP contribution in [-0.2, 0) is 11.2 Å². The smallest absolute Gasteiger partial charge is 0.226 e. The second-order valence-corrected chi connectivity index (χ2v) is 5.33. The third-order valence-corrected chi connectivity index (χ3v) is 3.53. The number of piperidine rings is 1. The highest BCUT2D eigenvalue weighted by molar-refractivity contribution is 6.30. The van der Waals surface area contributed by atoms with Crippen molar-refractivity contribution in [3.8, 4) is 0 Å². The maximum atomic E-state index is 12.1. The first-order valence-electron chi connectivity index (χ1n) is 6.17. The van der Waals surface area contributed by atoms with Crippen LogP contribution in [-0.4, -0.2) is 23.9 Å². The molecule has 17 heavy (non-hydrogen) atoms. The fourth-order valence-corrected chi connectivity index (χ4v) is 2.43. The second-order valence-electron chi connectivity index (χ2n) is 4.89. The van der Waals surface area contributed by atoms with Gasteiger partial charge in [-0.2, -0.15) is 0 Å². The minimum absolute atomic E-state index is 0.235. The summed E-state index contributed by atoms with van der Waals surface area (Å²) in [4.78, 5) is 14.1. The number of likely N-dealkylation sites (tertiary alicyclic amines) is 1. The number of rotatable bonds is 2. The van der Waals surface area contributed by atoms with Gasteiger partial charge in [0.25, 0.3) is 0 Å². The molecule has 1 fully saturated rings. The van der Waals surface area contributed by atoms with Crippen LogP contribution in [0.25, 0.3) is 0 Å². The van der Waals surface area contributed by atoms with Gasteiger partial charge in [0.1, 0.15) is 0 Å². The van der Waals surface area contributed by atoms with Crippen LogP contribution < -0.4 is 0 Å². The molecule has 1 aliphatic rings. The molecule has 0 spiro atoms. The van der Waals surface area contributed by atoms with Gasteiger partial charge >= 0.3 is 0 Å². The maximum Gasteiger partial charge on any atom is 0.226 e. The molecule has 1 aliphatic heterocycles. The third kappa shape index (κ3) is 3.47. The lowest BCUT2D eigenvalue weighted by atomic mass is 9.99. The summed E-state index contributed by atoms with van der Waals surface area (Å²) in [6, 6.07) is 7.52. The molecule has 1 heterocycles. The van der Waals surface area contributed by atoms with Gasteiger partial charge in [0.2, 0.25) is 5.91 Å². The minimum Gasteiger partial charge on any atom is -0.342 e. The van der Waals surface area contributed by atoms with Crippen LogP contribution in [0.2, 0.25) is 5.02 Å². The molecule has 92 valence electrons. The molecule has 2 nitrogen and oxygen atoms in total. The minimum atomic E-state index is 0.235. The Morgan fingerprint density at radius 3 is 2.76 bits per heavy atom. The quantitative estimate of drug-likeness (QED) is 0.791. The number of halogens is 1. The predicted octanol–water partition coefficient (Wildman–Crippen LogP) is 3.14. The predicted molar refractivity (Wildman–Crippen MR) is 70.1 cm³/mol. The summed E-state index contributed by atoms with van der Waals surface area (Å²) in [6.07, 6.45) is 2.86. The Morgan fingerprint density at radius 2 is 2.12 bits per heavy atom. The number of carbonyl (C=O) groups excluding carboxylic acids is 1. The van der Waals surface area contributed by atoms with Crippen LogP contribution in [0.3, 0.4) is 0 Å². The zero-order chi connectivity index (χ0) is 12.3. The van der Waals surface area contributed by atoms with Crippen molar-refractivity contribution in [2.24, 2.45) is 5.92 Å². The van der Waals surface area contributed by atoms with E-state index in [0.717, 1.165) is 25.1 Å². The molecule has 0 radical (unpaired) electrons. The molecule has 1 atom stereocenters. The molecule has 1 aromatic rings. The van der Waals surface area contributed by atoms with Gasteiger partial charge in [0, 0.05) is 18.1 Å². The van der Waals surface area contributed by atoms with Crippen LogP contribution in [0, 0.1) is 5.92 Å². The Bertz CT molecular complexity index is 388. The van der Waals surface area contributed by atoms with Crippen molar-refractivity contribution < 1.29 is 4.79 Å². The first-order valence-corrected chi connectivity index (χ1v) is 6.55. The first-order chi connectivity index (χ1) is 8.15. The zero-order valence-electron chi connectivity index (χ0n) is 10.2. The number of carbonyl (C=O) groups is 1. The molecule has 3 heteroatoms. The molecule has 0 N–H and O–H groups in total. The van der Waals surface area contributed by atoms with Gasteiger partial charge in [0.05, 0.1) is 6.42 Å². The summed E-state index contributed by atoms with van der Waals surface area (Å²) in [5.74, 6) is 0.872. The topological polar surface area (TPSA) is 20.3 Å². The largest absolute Gasteiger partial charge is 0.342 e. The Balaban J connectivity index is 1.94. The Labute approximate surface area is 108 Å². The second kappa shape index (κ2) is 5.54. The van der Waals surface area contributed by atoms with Gasteiger partial charge in [-0.1, -0.05) is 30.7 Å². The summed E-state index contributed by atoms with van der Waals surface area (Å²) >= 11 is 5.82. The maximum absolute atomic E-state index is 12.1. The first kappa shape index (κ1) is 12.4. The highest BCUT2D eigenvalue weighted by atomic mass is 35.5. The molecule has 0 bridgehead atoms. The summed E-state index contributed by atoms with van der Waals surface area (Å²) in [6.45, 7) is 4.03. The van der Waals surface area contributed by atoms with Gasteiger partial charge in [-0.15, -0.1) is 0 Å². The number of benzene rings is 1. The lowest BCUT2D eigenvalue weighted by molar-refractivity contribution is -0.132. The molecular weight excluding hydrogens is 234 g/mol. The SMILES string of the molecule is CC1CCCN(C(=O)Cc2ccc(Cl)cc2)C1. The standard InChI is InChI=1S/C14H18ClNO/c1-11-3-2-8-16(10-11)14(17)9-12-4-6-13(15)7-5-12/h4-7,11H,2-3,8-10H2,1H3. The number of hydrogen-bond donors (Lipinski definition) is 0. The molecule has 1 unspecified atom stereocenters. The molecular formula is C14H18ClNO. The zero-order valence-corrected chi connectivity index (χ0v) is 10.9. The number of amides is 1. The molecule has 0 saturated carbocycles. The third-order valence-electron chi connectivity index (χ3n) is 3.28. The van der Waals surface area contributed by atoms with Crippen LogP contribution >= 0.6 is 11.6 Å². The highest BCUT2D eigenvalue weighted by Crippen LogP contribution is 2.17. The van der Waals surface area contributed by atoms with Crippen LogP contribution in [0.1, 0.15) is 25.3 Å². The van der Waals surface area contributed by atoms with Crippen molar-refractivity contribution in [3.05, 3.63) is 34.9 Å². The summed E-state index contributed by atoms with van der Waals surface area (Å²) < 4.78 is 0. The van der Waals surface area contributed by atoms with E-state index in [1.54, 1.807) is 0 Å². The van der Waals surface area contributed by atoms with Crippen molar-refractivity contribution in [3.63, 3.8) is 0 Å². The molecule has 0 aromatic heterocycles. The lowest BCUT2D eigenvalue weighted by Gasteiger charge is -2.31. The fraction of sp³-hybridized carbons (Fsp3) is 0.500. The van der Waals surface area contributed by atoms with E-state index in [-0.39, 0.29) is 5.91 Å². The van der Waals surface area contributed by atoms with Crippen molar-refractivity contribution >= 4 is 17.5 Å². The van der Waals surface area contributed by atoms with E-state index in [2.05, 4.69) is 6.92 Å². The van der Waals surface area contributed by atoms with Crippen LogP contribution in [0.4, 0.5) is 0 Å². The summed E-state index contributed by atoms with van der Waals surface area (Å²) in [5.41, 5.74) is 1.04. The molecule has 1 saturated heterocycles. The van der Waals surface area contributed by atoms with Crippen LogP contribution in [0.15, 0.2) is 24.3 Å². The Hall–Kier alpha value is -1.02. The van der Waals surface area contributed by atoms with E-state index in [1.807, 2.05) is 29.2 Å². The lowest BCUT2D eigenvalue weighted by Crippen LogP contribution is -2.39. The van der Waals surface area contributed by atoms with Crippen molar-refractivity contribution in [2.45, 2.75) is 26.2 Å². The van der Waals surface area contributed by atoms with Gasteiger partial charge in [-0.25, -0.2) is 0 Å². The van der Waals surface area contributed by atoms with Crippen molar-refractivity contribution in [2.75, 3.05) is 13.1 Å². The Kier molecular flexibility index (Phi) is 4.06. The average molecular weight is 252 g/mol. The van der Waals surface area contributed by atoms with E-state index in [0.29, 0.717) is 17.4 Å². The van der Waals surface area contributed by atoms with Gasteiger partial charge in [-0.3, -0.25) is 4.79 Å². The molecule has 1 aromatic carbocycles. The van der Waals surface area contributed by atoms with Gasteiger partial charge < -0.3 is 4.90 Å². The highest BCUT2D eigenvalue weighted by Gasteiger charge is 2.20. The van der Waals surface area contributed by atoms with Gasteiger partial charge in [0.15, 0.2) is 0 Å². The van der Waals surface area contributed by atoms with E-state index >= 15 is 0 Å². The van der Waals surface area contributed by atoms with Gasteiger partial charge in [-0.05, 0) is 36.5 Å². The van der Waals surface area contributed by atoms with E-state index < -0.39 is 0 Å².